The van der Waals surface area contributed by atoms with Crippen molar-refractivity contribution in [3.63, 3.8) is 0 Å². The first-order valence-corrected chi connectivity index (χ1v) is 8.07. The average molecular weight is 326 g/mol. The molecule has 2 aromatic rings. The van der Waals surface area contributed by atoms with E-state index in [1.54, 1.807) is 7.11 Å². The number of anilines is 1. The van der Waals surface area contributed by atoms with Crippen molar-refractivity contribution >= 4 is 11.7 Å². The van der Waals surface area contributed by atoms with Gasteiger partial charge in [-0.25, -0.2) is 4.98 Å². The zero-order valence-corrected chi connectivity index (χ0v) is 14.3. The number of hydrogen-bond donors (Lipinski definition) is 0. The van der Waals surface area contributed by atoms with Gasteiger partial charge in [-0.15, -0.1) is 0 Å². The number of piperazine rings is 1. The number of aromatic nitrogens is 2. The third-order valence-corrected chi connectivity index (χ3v) is 4.17. The largest absolute Gasteiger partial charge is 0.481 e. The molecule has 1 aromatic carbocycles. The molecule has 0 N–H and O–H groups in total. The molecule has 0 radical (unpaired) electrons. The second-order valence-corrected chi connectivity index (χ2v) is 5.96. The number of nitrogens with zero attached hydrogens (tertiary/aromatic N) is 4. The summed E-state index contributed by atoms with van der Waals surface area (Å²) in [6, 6.07) is 9.58. The molecular formula is C18H22N4O2. The van der Waals surface area contributed by atoms with Crippen LogP contribution in [0, 0.1) is 13.8 Å². The molecule has 0 spiro atoms. The molecule has 24 heavy (non-hydrogen) atoms. The van der Waals surface area contributed by atoms with E-state index in [1.165, 1.54) is 0 Å². The molecule has 6 heteroatoms. The van der Waals surface area contributed by atoms with E-state index in [4.69, 9.17) is 4.74 Å². The number of aryl methyl sites for hydroxylation is 2. The van der Waals surface area contributed by atoms with Crippen LogP contribution in [-0.2, 0) is 0 Å². The van der Waals surface area contributed by atoms with Gasteiger partial charge in [-0.1, -0.05) is 17.7 Å². The van der Waals surface area contributed by atoms with E-state index >= 15 is 0 Å². The molecule has 6 nitrogen and oxygen atoms in total. The Bertz CT molecular complexity index is 740. The van der Waals surface area contributed by atoms with E-state index in [9.17, 15) is 4.79 Å². The Labute approximate surface area is 142 Å². The molecule has 1 amide bonds. The van der Waals surface area contributed by atoms with Crippen LogP contribution in [-0.4, -0.2) is 54.1 Å². The molecule has 2 heterocycles. The quantitative estimate of drug-likeness (QED) is 0.864. The van der Waals surface area contributed by atoms with E-state index < -0.39 is 0 Å². The molecule has 1 saturated heterocycles. The van der Waals surface area contributed by atoms with Gasteiger partial charge in [0.1, 0.15) is 11.6 Å². The zero-order valence-electron chi connectivity index (χ0n) is 14.3. The lowest BCUT2D eigenvalue weighted by Gasteiger charge is -2.35. The summed E-state index contributed by atoms with van der Waals surface area (Å²) in [6.45, 7) is 6.70. The van der Waals surface area contributed by atoms with Gasteiger partial charge in [-0.05, 0) is 26.0 Å². The Kier molecular flexibility index (Phi) is 4.64. The summed E-state index contributed by atoms with van der Waals surface area (Å²) in [5, 5.41) is 0. The maximum absolute atomic E-state index is 12.6. The minimum Gasteiger partial charge on any atom is -0.481 e. The fraction of sp³-hybridized carbons (Fsp3) is 0.389. The van der Waals surface area contributed by atoms with Crippen LogP contribution in [0.1, 0.15) is 21.7 Å². The van der Waals surface area contributed by atoms with Gasteiger partial charge in [0.25, 0.3) is 5.91 Å². The molecule has 3 rings (SSSR count). The first-order chi connectivity index (χ1) is 11.6. The number of benzene rings is 1. The fourth-order valence-electron chi connectivity index (χ4n) is 2.89. The highest BCUT2D eigenvalue weighted by Crippen LogP contribution is 2.19. The van der Waals surface area contributed by atoms with Gasteiger partial charge in [-0.3, -0.25) is 4.79 Å². The molecule has 1 aliphatic heterocycles. The summed E-state index contributed by atoms with van der Waals surface area (Å²) in [7, 11) is 1.60. The van der Waals surface area contributed by atoms with Crippen molar-refractivity contribution in [1.82, 2.24) is 14.9 Å². The summed E-state index contributed by atoms with van der Waals surface area (Å²) < 4.78 is 5.21. The average Bonchev–Trinajstić information content (AvgIpc) is 2.60. The second kappa shape index (κ2) is 6.86. The highest BCUT2D eigenvalue weighted by Gasteiger charge is 2.23. The maximum atomic E-state index is 12.6. The van der Waals surface area contributed by atoms with Crippen LogP contribution < -0.4 is 9.64 Å². The molecule has 0 aliphatic carbocycles. The molecule has 1 fully saturated rings. The highest BCUT2D eigenvalue weighted by molar-refractivity contribution is 5.94. The van der Waals surface area contributed by atoms with Crippen molar-refractivity contribution in [3.05, 3.63) is 47.3 Å². The molecule has 0 atom stereocenters. The predicted molar refractivity (Wildman–Crippen MR) is 92.6 cm³/mol. The standard InChI is InChI=1S/C18H22N4O2/c1-13-5-4-6-15(11-13)18(23)22-9-7-21(8-10-22)16-12-17(24-3)20-14(2)19-16/h4-6,11-12H,7-10H2,1-3H3. The molecular weight excluding hydrogens is 304 g/mol. The van der Waals surface area contributed by atoms with Gasteiger partial charge in [-0.2, -0.15) is 4.98 Å². The Morgan fingerprint density at radius 3 is 2.50 bits per heavy atom. The summed E-state index contributed by atoms with van der Waals surface area (Å²) in [5.41, 5.74) is 1.85. The minimum atomic E-state index is 0.0924. The number of carbonyl (C=O) groups is 1. The topological polar surface area (TPSA) is 58.6 Å². The van der Waals surface area contributed by atoms with Crippen molar-refractivity contribution < 1.29 is 9.53 Å². The van der Waals surface area contributed by atoms with Crippen molar-refractivity contribution in [2.45, 2.75) is 13.8 Å². The predicted octanol–water partition coefficient (Wildman–Crippen LogP) is 2.06. The Balaban J connectivity index is 1.67. The number of ether oxygens (including phenoxy) is 1. The van der Waals surface area contributed by atoms with E-state index in [0.717, 1.165) is 30.0 Å². The van der Waals surface area contributed by atoms with Crippen LogP contribution >= 0.6 is 0 Å². The van der Waals surface area contributed by atoms with Gasteiger partial charge in [0.15, 0.2) is 0 Å². The smallest absolute Gasteiger partial charge is 0.253 e. The van der Waals surface area contributed by atoms with Crippen LogP contribution in [0.25, 0.3) is 0 Å². The fourth-order valence-corrected chi connectivity index (χ4v) is 2.89. The van der Waals surface area contributed by atoms with E-state index in [0.29, 0.717) is 24.8 Å². The highest BCUT2D eigenvalue weighted by atomic mass is 16.5. The Hall–Kier alpha value is -2.63. The van der Waals surface area contributed by atoms with Gasteiger partial charge in [0, 0.05) is 37.8 Å². The van der Waals surface area contributed by atoms with Crippen LogP contribution in [0.15, 0.2) is 30.3 Å². The lowest BCUT2D eigenvalue weighted by atomic mass is 10.1. The first-order valence-electron chi connectivity index (χ1n) is 8.07. The van der Waals surface area contributed by atoms with E-state index in [1.807, 2.05) is 49.1 Å². The number of methoxy groups -OCH3 is 1. The third-order valence-electron chi connectivity index (χ3n) is 4.17. The normalized spacial score (nSPS) is 14.6. The van der Waals surface area contributed by atoms with Crippen molar-refractivity contribution in [2.24, 2.45) is 0 Å². The van der Waals surface area contributed by atoms with E-state index in [-0.39, 0.29) is 5.91 Å². The molecule has 126 valence electrons. The molecule has 0 saturated carbocycles. The summed E-state index contributed by atoms with van der Waals surface area (Å²) >= 11 is 0. The summed E-state index contributed by atoms with van der Waals surface area (Å²) in [6.07, 6.45) is 0. The molecule has 1 aliphatic rings. The minimum absolute atomic E-state index is 0.0924. The number of carbonyl (C=O) groups excluding carboxylic acids is 1. The SMILES string of the molecule is COc1cc(N2CCN(C(=O)c3cccc(C)c3)CC2)nc(C)n1. The lowest BCUT2D eigenvalue weighted by molar-refractivity contribution is 0.0746. The van der Waals surface area contributed by atoms with Crippen LogP contribution in [0.5, 0.6) is 5.88 Å². The van der Waals surface area contributed by atoms with Gasteiger partial charge in [0.05, 0.1) is 7.11 Å². The van der Waals surface area contributed by atoms with Gasteiger partial charge in [0.2, 0.25) is 5.88 Å². The monoisotopic (exact) mass is 326 g/mol. The molecule has 0 bridgehead atoms. The Morgan fingerprint density at radius 1 is 1.08 bits per heavy atom. The van der Waals surface area contributed by atoms with Gasteiger partial charge < -0.3 is 14.5 Å². The molecule has 0 unspecified atom stereocenters. The van der Waals surface area contributed by atoms with Crippen LogP contribution in [0.3, 0.4) is 0 Å². The van der Waals surface area contributed by atoms with E-state index in [2.05, 4.69) is 14.9 Å². The maximum Gasteiger partial charge on any atom is 0.253 e. The summed E-state index contributed by atoms with van der Waals surface area (Å²) in [4.78, 5) is 25.4. The van der Waals surface area contributed by atoms with Crippen LogP contribution in [0.4, 0.5) is 5.82 Å². The van der Waals surface area contributed by atoms with Crippen LogP contribution in [0.2, 0.25) is 0 Å². The van der Waals surface area contributed by atoms with Gasteiger partial charge >= 0.3 is 0 Å². The van der Waals surface area contributed by atoms with Crippen molar-refractivity contribution in [3.8, 4) is 5.88 Å². The third kappa shape index (κ3) is 3.48. The first kappa shape index (κ1) is 16.2. The number of hydrogen-bond acceptors (Lipinski definition) is 5. The summed E-state index contributed by atoms with van der Waals surface area (Å²) in [5.74, 6) is 2.19. The number of amides is 1. The zero-order chi connectivity index (χ0) is 17.1. The Morgan fingerprint density at radius 2 is 1.83 bits per heavy atom. The van der Waals surface area contributed by atoms with Crippen molar-refractivity contribution in [1.29, 1.82) is 0 Å². The lowest BCUT2D eigenvalue weighted by Crippen LogP contribution is -2.49. The number of rotatable bonds is 3. The second-order valence-electron chi connectivity index (χ2n) is 5.96. The molecule has 1 aromatic heterocycles. The van der Waals surface area contributed by atoms with Crippen molar-refractivity contribution in [2.75, 3.05) is 38.2 Å².